The van der Waals surface area contributed by atoms with Gasteiger partial charge in [0.15, 0.2) is 5.79 Å². The fourth-order valence-corrected chi connectivity index (χ4v) is 2.02. The smallest absolute Gasteiger partial charge is 0.196 e. The highest BCUT2D eigenvalue weighted by atomic mass is 16.7. The van der Waals surface area contributed by atoms with Crippen molar-refractivity contribution in [2.24, 2.45) is 5.73 Å². The van der Waals surface area contributed by atoms with Crippen LogP contribution in [0.3, 0.4) is 0 Å². The average molecular weight is 237 g/mol. The molecule has 0 bridgehead atoms. The molecule has 1 aromatic rings. The van der Waals surface area contributed by atoms with Crippen molar-refractivity contribution < 1.29 is 14.2 Å². The Morgan fingerprint density at radius 1 is 1.47 bits per heavy atom. The summed E-state index contributed by atoms with van der Waals surface area (Å²) < 4.78 is 17.2. The van der Waals surface area contributed by atoms with Gasteiger partial charge in [-0.3, -0.25) is 0 Å². The number of nitrogens with two attached hydrogens (primary N) is 1. The minimum Gasteiger partial charge on any atom is -0.493 e. The minimum atomic E-state index is -0.754. The Morgan fingerprint density at radius 2 is 2.24 bits per heavy atom. The van der Waals surface area contributed by atoms with Crippen LogP contribution >= 0.6 is 0 Å². The first-order valence-electron chi connectivity index (χ1n) is 5.93. The Labute approximate surface area is 102 Å². The van der Waals surface area contributed by atoms with Crippen molar-refractivity contribution in [1.29, 1.82) is 0 Å². The second kappa shape index (κ2) is 5.04. The van der Waals surface area contributed by atoms with E-state index >= 15 is 0 Å². The molecule has 1 saturated heterocycles. The van der Waals surface area contributed by atoms with E-state index in [2.05, 4.69) is 0 Å². The van der Waals surface area contributed by atoms with E-state index in [-0.39, 0.29) is 6.10 Å². The van der Waals surface area contributed by atoms with E-state index in [0.717, 1.165) is 11.3 Å². The summed E-state index contributed by atoms with van der Waals surface area (Å²) >= 11 is 0. The Morgan fingerprint density at radius 3 is 2.88 bits per heavy atom. The highest BCUT2D eigenvalue weighted by Crippen LogP contribution is 2.38. The predicted molar refractivity (Wildman–Crippen MR) is 64.8 cm³/mol. The van der Waals surface area contributed by atoms with Crippen molar-refractivity contribution in [3.63, 3.8) is 0 Å². The zero-order valence-electron chi connectivity index (χ0n) is 10.3. The predicted octanol–water partition coefficient (Wildman–Crippen LogP) is 1.63. The summed E-state index contributed by atoms with van der Waals surface area (Å²) in [7, 11) is 0. The van der Waals surface area contributed by atoms with Gasteiger partial charge in [0.2, 0.25) is 0 Å². The number of hydrogen-bond acceptors (Lipinski definition) is 4. The maximum Gasteiger partial charge on any atom is 0.196 e. The highest BCUT2D eigenvalue weighted by Gasteiger charge is 2.40. The molecule has 4 heteroatoms. The molecule has 0 saturated carbocycles. The zero-order valence-corrected chi connectivity index (χ0v) is 10.3. The van der Waals surface area contributed by atoms with Gasteiger partial charge in [-0.2, -0.15) is 0 Å². The molecule has 2 rings (SSSR count). The second-order valence-electron chi connectivity index (χ2n) is 4.16. The van der Waals surface area contributed by atoms with Gasteiger partial charge in [-0.15, -0.1) is 0 Å². The zero-order chi connectivity index (χ0) is 12.3. The Balaban J connectivity index is 2.27. The summed E-state index contributed by atoms with van der Waals surface area (Å²) in [6.07, 6.45) is -0.0466. The summed E-state index contributed by atoms with van der Waals surface area (Å²) in [6.45, 7) is 5.46. The monoisotopic (exact) mass is 237 g/mol. The molecule has 2 N–H and O–H groups in total. The lowest BCUT2D eigenvalue weighted by molar-refractivity contribution is -0.161. The minimum absolute atomic E-state index is 0.0466. The Kier molecular flexibility index (Phi) is 3.66. The first-order chi connectivity index (χ1) is 8.19. The SMILES string of the molecule is CCOc1ccccc1C1(C)OCC(CN)O1. The number of ether oxygens (including phenoxy) is 3. The molecule has 1 aromatic carbocycles. The molecular weight excluding hydrogens is 218 g/mol. The summed E-state index contributed by atoms with van der Waals surface area (Å²) in [5.41, 5.74) is 6.51. The normalized spacial score (nSPS) is 28.3. The first kappa shape index (κ1) is 12.4. The van der Waals surface area contributed by atoms with Gasteiger partial charge >= 0.3 is 0 Å². The third-order valence-corrected chi connectivity index (χ3v) is 2.88. The highest BCUT2D eigenvalue weighted by molar-refractivity contribution is 5.37. The molecule has 1 fully saturated rings. The molecule has 2 atom stereocenters. The van der Waals surface area contributed by atoms with E-state index in [1.807, 2.05) is 38.1 Å². The van der Waals surface area contributed by atoms with Crippen LogP contribution in [0.4, 0.5) is 0 Å². The van der Waals surface area contributed by atoms with Gasteiger partial charge in [-0.25, -0.2) is 0 Å². The van der Waals surface area contributed by atoms with Gasteiger partial charge < -0.3 is 19.9 Å². The lowest BCUT2D eigenvalue weighted by atomic mass is 10.1. The van der Waals surface area contributed by atoms with E-state index in [0.29, 0.717) is 19.8 Å². The van der Waals surface area contributed by atoms with Crippen molar-refractivity contribution >= 4 is 0 Å². The van der Waals surface area contributed by atoms with Crippen LogP contribution in [0.5, 0.6) is 5.75 Å². The number of benzene rings is 1. The first-order valence-corrected chi connectivity index (χ1v) is 5.93. The number of para-hydroxylation sites is 1. The molecule has 0 amide bonds. The van der Waals surface area contributed by atoms with Gasteiger partial charge in [0.1, 0.15) is 5.75 Å². The van der Waals surface area contributed by atoms with Crippen LogP contribution in [-0.4, -0.2) is 25.9 Å². The maximum atomic E-state index is 5.84. The Bertz CT molecular complexity index is 383. The quantitative estimate of drug-likeness (QED) is 0.864. The van der Waals surface area contributed by atoms with E-state index in [1.165, 1.54) is 0 Å². The number of rotatable bonds is 4. The maximum absolute atomic E-state index is 5.84. The largest absolute Gasteiger partial charge is 0.493 e. The third-order valence-electron chi connectivity index (χ3n) is 2.88. The van der Waals surface area contributed by atoms with Crippen LogP contribution in [0.15, 0.2) is 24.3 Å². The van der Waals surface area contributed by atoms with Gasteiger partial charge in [0.25, 0.3) is 0 Å². The lowest BCUT2D eigenvalue weighted by Crippen LogP contribution is -2.27. The molecule has 1 aliphatic heterocycles. The van der Waals surface area contributed by atoms with Crippen LogP contribution in [0.2, 0.25) is 0 Å². The van der Waals surface area contributed by atoms with Crippen molar-refractivity contribution in [3.8, 4) is 5.75 Å². The summed E-state index contributed by atoms with van der Waals surface area (Å²) in [5.74, 6) is 0.0469. The molecule has 1 heterocycles. The van der Waals surface area contributed by atoms with Gasteiger partial charge in [0.05, 0.1) is 24.9 Å². The van der Waals surface area contributed by atoms with Crippen LogP contribution in [0.25, 0.3) is 0 Å². The summed E-state index contributed by atoms with van der Waals surface area (Å²) in [5, 5.41) is 0. The molecule has 0 aromatic heterocycles. The fourth-order valence-electron chi connectivity index (χ4n) is 2.02. The number of hydrogen-bond donors (Lipinski definition) is 1. The molecule has 0 aliphatic carbocycles. The van der Waals surface area contributed by atoms with E-state index in [1.54, 1.807) is 0 Å². The molecule has 0 radical (unpaired) electrons. The van der Waals surface area contributed by atoms with E-state index in [4.69, 9.17) is 19.9 Å². The molecule has 2 unspecified atom stereocenters. The lowest BCUT2D eigenvalue weighted by Gasteiger charge is -2.25. The molecule has 17 heavy (non-hydrogen) atoms. The summed E-state index contributed by atoms with van der Waals surface area (Å²) in [4.78, 5) is 0. The Hall–Kier alpha value is -1.10. The van der Waals surface area contributed by atoms with Crippen LogP contribution < -0.4 is 10.5 Å². The summed E-state index contributed by atoms with van der Waals surface area (Å²) in [6, 6.07) is 7.77. The third kappa shape index (κ3) is 2.44. The van der Waals surface area contributed by atoms with Gasteiger partial charge in [0, 0.05) is 6.54 Å². The topological polar surface area (TPSA) is 53.7 Å². The standard InChI is InChI=1S/C13H19NO3/c1-3-15-12-7-5-4-6-11(12)13(2)16-9-10(8-14)17-13/h4-7,10H,3,8-9,14H2,1-2H3. The molecule has 0 spiro atoms. The van der Waals surface area contributed by atoms with Crippen LogP contribution in [0.1, 0.15) is 19.4 Å². The molecule has 4 nitrogen and oxygen atoms in total. The van der Waals surface area contributed by atoms with Crippen LogP contribution in [0, 0.1) is 0 Å². The van der Waals surface area contributed by atoms with E-state index in [9.17, 15) is 0 Å². The second-order valence-corrected chi connectivity index (χ2v) is 4.16. The van der Waals surface area contributed by atoms with Crippen LogP contribution in [-0.2, 0) is 15.3 Å². The van der Waals surface area contributed by atoms with Crippen molar-refractivity contribution in [2.45, 2.75) is 25.7 Å². The fraction of sp³-hybridized carbons (Fsp3) is 0.538. The average Bonchev–Trinajstić information content (AvgIpc) is 2.73. The molecule has 94 valence electrons. The van der Waals surface area contributed by atoms with Crippen molar-refractivity contribution in [3.05, 3.63) is 29.8 Å². The van der Waals surface area contributed by atoms with Crippen molar-refractivity contribution in [2.75, 3.05) is 19.8 Å². The van der Waals surface area contributed by atoms with Gasteiger partial charge in [-0.1, -0.05) is 12.1 Å². The molecule has 1 aliphatic rings. The van der Waals surface area contributed by atoms with Crippen molar-refractivity contribution in [1.82, 2.24) is 0 Å². The van der Waals surface area contributed by atoms with Gasteiger partial charge in [-0.05, 0) is 26.0 Å². The molecular formula is C13H19NO3. The van der Waals surface area contributed by atoms with E-state index < -0.39 is 5.79 Å².